The van der Waals surface area contributed by atoms with Crippen molar-refractivity contribution in [1.82, 2.24) is 24.8 Å². The summed E-state index contributed by atoms with van der Waals surface area (Å²) < 4.78 is 34.8. The third-order valence-electron chi connectivity index (χ3n) is 8.88. The first kappa shape index (κ1) is 29.2. The molecule has 1 aromatic heterocycles. The van der Waals surface area contributed by atoms with E-state index in [0.29, 0.717) is 68.0 Å². The topological polar surface area (TPSA) is 118 Å². The lowest BCUT2D eigenvalue weighted by Gasteiger charge is -2.42. The van der Waals surface area contributed by atoms with Crippen LogP contribution in [0, 0.1) is 11.3 Å². The number of carboxylic acids is 1. The summed E-state index contributed by atoms with van der Waals surface area (Å²) in [5.74, 6) is -1.66. The smallest absolute Gasteiger partial charge is 0.310 e. The van der Waals surface area contributed by atoms with Gasteiger partial charge in [0.1, 0.15) is 23.7 Å². The number of likely N-dealkylation sites (tertiary alicyclic amines) is 1. The lowest BCUT2D eigenvalue weighted by molar-refractivity contribution is -0.157. The van der Waals surface area contributed by atoms with E-state index >= 15 is 0 Å². The van der Waals surface area contributed by atoms with Crippen molar-refractivity contribution in [2.45, 2.75) is 78.0 Å². The first-order valence-corrected chi connectivity index (χ1v) is 14.4. The Balaban J connectivity index is 1.53. The molecule has 0 radical (unpaired) electrons. The van der Waals surface area contributed by atoms with Gasteiger partial charge in [-0.3, -0.25) is 14.4 Å². The Morgan fingerprint density at radius 2 is 2.02 bits per heavy atom. The molecule has 3 atom stereocenters. The van der Waals surface area contributed by atoms with Gasteiger partial charge in [-0.2, -0.15) is 0 Å². The van der Waals surface area contributed by atoms with Crippen LogP contribution in [0.1, 0.15) is 80.9 Å². The number of nitrogens with zero attached hydrogens (tertiary/aromatic N) is 5. The number of aliphatic carboxylic acids is 1. The molecule has 13 heteroatoms. The molecule has 2 aromatic rings. The zero-order valence-corrected chi connectivity index (χ0v) is 23.9. The van der Waals surface area contributed by atoms with E-state index in [1.54, 1.807) is 35.8 Å². The number of aromatic nitrogens is 3. The molecule has 2 amide bonds. The molecule has 2 aliphatic heterocycles. The second-order valence-electron chi connectivity index (χ2n) is 11.2. The molecule has 1 N–H and O–H groups in total. The van der Waals surface area contributed by atoms with Gasteiger partial charge in [0.2, 0.25) is 11.8 Å². The summed E-state index contributed by atoms with van der Waals surface area (Å²) in [4.78, 5) is 42.4. The maximum atomic E-state index is 14.1. The van der Waals surface area contributed by atoms with E-state index in [0.717, 1.165) is 10.2 Å². The molecule has 222 valence electrons. The Labute approximate surface area is 241 Å². The van der Waals surface area contributed by atoms with Crippen molar-refractivity contribution in [1.29, 1.82) is 0 Å². The van der Waals surface area contributed by atoms with Crippen LogP contribution in [0.3, 0.4) is 0 Å². The molecule has 10 nitrogen and oxygen atoms in total. The van der Waals surface area contributed by atoms with Crippen LogP contribution in [0.2, 0.25) is 5.02 Å². The second kappa shape index (κ2) is 11.5. The maximum absolute atomic E-state index is 14.1. The molecule has 41 heavy (non-hydrogen) atoms. The Kier molecular flexibility index (Phi) is 8.22. The second-order valence-corrected chi connectivity index (χ2v) is 11.6. The van der Waals surface area contributed by atoms with Crippen LogP contribution in [0.5, 0.6) is 5.75 Å². The number of amides is 2. The van der Waals surface area contributed by atoms with Gasteiger partial charge in [-0.15, -0.1) is 5.10 Å². The van der Waals surface area contributed by atoms with E-state index in [9.17, 15) is 28.3 Å². The maximum Gasteiger partial charge on any atom is 0.310 e. The highest BCUT2D eigenvalue weighted by atomic mass is 35.5. The van der Waals surface area contributed by atoms with Crippen LogP contribution in [-0.2, 0) is 34.0 Å². The summed E-state index contributed by atoms with van der Waals surface area (Å²) >= 11 is 6.63. The molecule has 0 bridgehead atoms. The van der Waals surface area contributed by atoms with E-state index in [2.05, 4.69) is 10.3 Å². The third kappa shape index (κ3) is 5.26. The number of carboxylic acid groups (broad SMARTS) is 1. The zero-order chi connectivity index (χ0) is 29.5. The molecule has 1 saturated carbocycles. The number of carbonyl (C=O) groups is 3. The van der Waals surface area contributed by atoms with Gasteiger partial charge >= 0.3 is 5.97 Å². The van der Waals surface area contributed by atoms with Crippen molar-refractivity contribution in [3.63, 3.8) is 0 Å². The number of aryl methyl sites for hydroxylation is 1. The Morgan fingerprint density at radius 3 is 2.68 bits per heavy atom. The highest BCUT2D eigenvalue weighted by Gasteiger charge is 2.51. The van der Waals surface area contributed by atoms with Crippen molar-refractivity contribution >= 4 is 29.4 Å². The lowest BCUT2D eigenvalue weighted by atomic mass is 9.78. The van der Waals surface area contributed by atoms with E-state index in [4.69, 9.17) is 16.3 Å². The summed E-state index contributed by atoms with van der Waals surface area (Å²) in [5.41, 5.74) is -0.142. The molecule has 3 heterocycles. The molecule has 3 aliphatic rings. The van der Waals surface area contributed by atoms with Gasteiger partial charge in [-0.1, -0.05) is 23.2 Å². The third-order valence-corrected chi connectivity index (χ3v) is 9.24. The summed E-state index contributed by atoms with van der Waals surface area (Å²) in [6.07, 6.45) is 0.215. The highest BCUT2D eigenvalue weighted by molar-refractivity contribution is 6.31. The first-order valence-electron chi connectivity index (χ1n) is 14.0. The van der Waals surface area contributed by atoms with Crippen molar-refractivity contribution in [2.24, 2.45) is 11.3 Å². The standard InChI is InChI=1S/C28H34ClF2N5O5/c1-3-36-24(25(30)31)19(32-33-36)15-41-21-9-8-18(29)16-10-13-35(20(23(16)21)14-34-12-5-7-22(34)37)26(38)17-6-4-11-28(17,2)27(39)40/h8-9,17,20,25H,3-7,10-15H2,1-2H3,(H,39,40)/t17?,20-,28-/m1/s1. The average molecular weight is 594 g/mol. The van der Waals surface area contributed by atoms with Gasteiger partial charge < -0.3 is 19.6 Å². The minimum atomic E-state index is -2.79. The molecule has 1 saturated heterocycles. The largest absolute Gasteiger partial charge is 0.487 e. The summed E-state index contributed by atoms with van der Waals surface area (Å²) in [5, 5.41) is 18.2. The number of ether oxygens (including phenoxy) is 1. The molecule has 1 unspecified atom stereocenters. The first-order chi connectivity index (χ1) is 19.6. The van der Waals surface area contributed by atoms with E-state index in [1.807, 2.05) is 0 Å². The zero-order valence-electron chi connectivity index (χ0n) is 23.1. The Hall–Kier alpha value is -3.28. The number of rotatable bonds is 9. The monoisotopic (exact) mass is 593 g/mol. The minimum absolute atomic E-state index is 0.00347. The van der Waals surface area contributed by atoms with Crippen LogP contribution in [0.25, 0.3) is 0 Å². The van der Waals surface area contributed by atoms with Crippen LogP contribution >= 0.6 is 11.6 Å². The SMILES string of the molecule is CCn1nnc(COc2ccc(Cl)c3c2[C@@H](CN2CCCC2=O)N(C(=O)C2CCC[C@@]2(C)C(=O)O)CC3)c1C(F)F. The number of benzene rings is 1. The minimum Gasteiger partial charge on any atom is -0.487 e. The molecular weight excluding hydrogens is 560 g/mol. The Morgan fingerprint density at radius 1 is 1.24 bits per heavy atom. The molecule has 0 spiro atoms. The van der Waals surface area contributed by atoms with Crippen LogP contribution in [0.4, 0.5) is 8.78 Å². The van der Waals surface area contributed by atoms with Crippen molar-refractivity contribution in [3.8, 4) is 5.75 Å². The number of hydrogen-bond acceptors (Lipinski definition) is 6. The molecule has 1 aromatic carbocycles. The van der Waals surface area contributed by atoms with Gasteiger partial charge in [0.15, 0.2) is 0 Å². The van der Waals surface area contributed by atoms with Gasteiger partial charge in [0.05, 0.1) is 17.4 Å². The van der Waals surface area contributed by atoms with Crippen LogP contribution in [0.15, 0.2) is 12.1 Å². The molecule has 2 fully saturated rings. The normalized spacial score (nSPS) is 24.3. The predicted molar refractivity (Wildman–Crippen MR) is 143 cm³/mol. The number of halogens is 3. The fraction of sp³-hybridized carbons (Fsp3) is 0.607. The number of carbonyl (C=O) groups excluding carboxylic acids is 2. The predicted octanol–water partition coefficient (Wildman–Crippen LogP) is 4.41. The van der Waals surface area contributed by atoms with Gasteiger partial charge in [0, 0.05) is 43.2 Å². The van der Waals surface area contributed by atoms with Crippen LogP contribution in [-0.4, -0.2) is 67.3 Å². The quantitative estimate of drug-likeness (QED) is 0.458. The summed E-state index contributed by atoms with van der Waals surface area (Å²) in [7, 11) is 0. The van der Waals surface area contributed by atoms with Crippen molar-refractivity contribution in [3.05, 3.63) is 39.7 Å². The van der Waals surface area contributed by atoms with Crippen LogP contribution < -0.4 is 4.74 Å². The van der Waals surface area contributed by atoms with Crippen molar-refractivity contribution < 1.29 is 33.0 Å². The lowest BCUT2D eigenvalue weighted by Crippen LogP contribution is -2.50. The molecule has 1 aliphatic carbocycles. The fourth-order valence-electron chi connectivity index (χ4n) is 6.56. The van der Waals surface area contributed by atoms with Gasteiger partial charge in [-0.05, 0) is 57.2 Å². The summed E-state index contributed by atoms with van der Waals surface area (Å²) in [6, 6.07) is 2.65. The molecule has 5 rings (SSSR count). The number of alkyl halides is 2. The van der Waals surface area contributed by atoms with E-state index in [1.165, 1.54) is 0 Å². The van der Waals surface area contributed by atoms with Gasteiger partial charge in [-0.25, -0.2) is 13.5 Å². The van der Waals surface area contributed by atoms with E-state index < -0.39 is 29.8 Å². The summed E-state index contributed by atoms with van der Waals surface area (Å²) in [6.45, 7) is 4.29. The van der Waals surface area contributed by atoms with Crippen molar-refractivity contribution in [2.75, 3.05) is 19.6 Å². The fourth-order valence-corrected chi connectivity index (χ4v) is 6.82. The highest BCUT2D eigenvalue weighted by Crippen LogP contribution is 2.47. The van der Waals surface area contributed by atoms with Gasteiger partial charge in [0.25, 0.3) is 6.43 Å². The van der Waals surface area contributed by atoms with E-state index in [-0.39, 0.29) is 42.9 Å². The number of hydrogen-bond donors (Lipinski definition) is 1. The Bertz CT molecular complexity index is 1350. The number of fused-ring (bicyclic) bond motifs is 1. The average Bonchev–Trinajstić information content (AvgIpc) is 3.66. The molecular formula is C28H34ClF2N5O5.